The molecule has 1 atom stereocenters. The van der Waals surface area contributed by atoms with Crippen molar-refractivity contribution in [1.29, 1.82) is 0 Å². The molecule has 2 rings (SSSR count). The molecule has 5 nitrogen and oxygen atoms in total. The standard InChI is InChI=1S/C11H12F2N2O3/c12-9-4-7(15(16)17)5-10(13)11(9)18-8-2-1-3-14-6-8/h4-5,8,14H,1-3,6H2. The summed E-state index contributed by atoms with van der Waals surface area (Å²) in [6, 6.07) is 1.32. The Hall–Kier alpha value is -1.76. The number of benzene rings is 1. The number of nitrogens with zero attached hydrogens (tertiary/aromatic N) is 1. The summed E-state index contributed by atoms with van der Waals surface area (Å²) < 4.78 is 32.3. The van der Waals surface area contributed by atoms with Crippen molar-refractivity contribution in [2.24, 2.45) is 0 Å². The number of non-ortho nitro benzene ring substituents is 1. The van der Waals surface area contributed by atoms with E-state index in [-0.39, 0.29) is 6.10 Å². The van der Waals surface area contributed by atoms with Gasteiger partial charge >= 0.3 is 0 Å². The number of nitrogens with one attached hydrogen (secondary N) is 1. The Morgan fingerprint density at radius 2 is 2.06 bits per heavy atom. The molecule has 1 aromatic rings. The van der Waals surface area contributed by atoms with E-state index in [0.717, 1.165) is 13.0 Å². The minimum atomic E-state index is -1.05. The maximum atomic E-state index is 13.5. The quantitative estimate of drug-likeness (QED) is 0.665. The number of nitro groups is 1. The van der Waals surface area contributed by atoms with E-state index in [2.05, 4.69) is 5.32 Å². The van der Waals surface area contributed by atoms with Gasteiger partial charge < -0.3 is 10.1 Å². The number of ether oxygens (including phenoxy) is 1. The Balaban J connectivity index is 2.19. The van der Waals surface area contributed by atoms with Crippen LogP contribution in [0.2, 0.25) is 0 Å². The van der Waals surface area contributed by atoms with Gasteiger partial charge in [0.25, 0.3) is 5.69 Å². The molecule has 0 amide bonds. The number of halogens is 2. The second-order valence-electron chi connectivity index (χ2n) is 4.08. The van der Waals surface area contributed by atoms with Gasteiger partial charge in [-0.2, -0.15) is 0 Å². The fourth-order valence-corrected chi connectivity index (χ4v) is 1.85. The van der Waals surface area contributed by atoms with Gasteiger partial charge in [-0.3, -0.25) is 10.1 Å². The normalized spacial score (nSPS) is 19.6. The first-order valence-corrected chi connectivity index (χ1v) is 5.58. The lowest BCUT2D eigenvalue weighted by molar-refractivity contribution is -0.385. The zero-order valence-electron chi connectivity index (χ0n) is 9.49. The van der Waals surface area contributed by atoms with Crippen molar-refractivity contribution in [2.75, 3.05) is 13.1 Å². The average Bonchev–Trinajstić information content (AvgIpc) is 2.34. The summed E-state index contributed by atoms with van der Waals surface area (Å²) in [4.78, 5) is 9.58. The summed E-state index contributed by atoms with van der Waals surface area (Å²) in [5.41, 5.74) is -0.626. The third kappa shape index (κ3) is 2.73. The molecule has 1 saturated heterocycles. The van der Waals surface area contributed by atoms with Crippen molar-refractivity contribution >= 4 is 5.69 Å². The van der Waals surface area contributed by atoms with Crippen molar-refractivity contribution in [3.05, 3.63) is 33.9 Å². The molecule has 1 fully saturated rings. The molecule has 0 saturated carbocycles. The predicted molar refractivity (Wildman–Crippen MR) is 59.5 cm³/mol. The zero-order valence-corrected chi connectivity index (χ0v) is 9.49. The van der Waals surface area contributed by atoms with Crippen LogP contribution in [0, 0.1) is 21.7 Å². The Bertz CT molecular complexity index is 439. The molecule has 18 heavy (non-hydrogen) atoms. The molecule has 0 radical (unpaired) electrons. The SMILES string of the molecule is O=[N+]([O-])c1cc(F)c(OC2CCCNC2)c(F)c1. The fraction of sp³-hybridized carbons (Fsp3) is 0.455. The lowest BCUT2D eigenvalue weighted by Crippen LogP contribution is -2.37. The first-order valence-electron chi connectivity index (χ1n) is 5.58. The van der Waals surface area contributed by atoms with Crippen molar-refractivity contribution < 1.29 is 18.4 Å². The van der Waals surface area contributed by atoms with Crippen LogP contribution in [0.1, 0.15) is 12.8 Å². The highest BCUT2D eigenvalue weighted by Crippen LogP contribution is 2.28. The molecule has 0 spiro atoms. The van der Waals surface area contributed by atoms with Crippen LogP contribution in [-0.2, 0) is 0 Å². The van der Waals surface area contributed by atoms with E-state index in [1.807, 2.05) is 0 Å². The van der Waals surface area contributed by atoms with Crippen LogP contribution < -0.4 is 10.1 Å². The van der Waals surface area contributed by atoms with Crippen LogP contribution >= 0.6 is 0 Å². The van der Waals surface area contributed by atoms with Gasteiger partial charge in [-0.05, 0) is 19.4 Å². The van der Waals surface area contributed by atoms with E-state index in [9.17, 15) is 18.9 Å². The molecule has 7 heteroatoms. The van der Waals surface area contributed by atoms with Gasteiger partial charge in [-0.1, -0.05) is 0 Å². The third-order valence-electron chi connectivity index (χ3n) is 2.73. The Labute approximate surface area is 102 Å². The second kappa shape index (κ2) is 5.26. The third-order valence-corrected chi connectivity index (χ3v) is 2.73. The van der Waals surface area contributed by atoms with Crippen molar-refractivity contribution in [3.63, 3.8) is 0 Å². The summed E-state index contributed by atoms with van der Waals surface area (Å²) in [6.45, 7) is 1.36. The maximum absolute atomic E-state index is 13.5. The van der Waals surface area contributed by atoms with Crippen LogP contribution in [0.3, 0.4) is 0 Å². The first-order chi connectivity index (χ1) is 8.58. The maximum Gasteiger partial charge on any atom is 0.275 e. The van der Waals surface area contributed by atoms with E-state index in [4.69, 9.17) is 4.74 Å². The number of hydrogen-bond donors (Lipinski definition) is 1. The molecule has 98 valence electrons. The smallest absolute Gasteiger partial charge is 0.275 e. The van der Waals surface area contributed by atoms with Gasteiger partial charge in [-0.25, -0.2) is 8.78 Å². The van der Waals surface area contributed by atoms with Crippen LogP contribution in [0.4, 0.5) is 14.5 Å². The zero-order chi connectivity index (χ0) is 13.1. The van der Waals surface area contributed by atoms with Crippen LogP contribution in [-0.4, -0.2) is 24.1 Å². The lowest BCUT2D eigenvalue weighted by Gasteiger charge is -2.24. The van der Waals surface area contributed by atoms with Crippen molar-refractivity contribution in [3.8, 4) is 5.75 Å². The Morgan fingerprint density at radius 1 is 1.39 bits per heavy atom. The summed E-state index contributed by atoms with van der Waals surface area (Å²) in [7, 11) is 0. The molecule has 0 aliphatic carbocycles. The average molecular weight is 258 g/mol. The molecular formula is C11H12F2N2O3. The fourth-order valence-electron chi connectivity index (χ4n) is 1.85. The minimum Gasteiger partial charge on any atom is -0.483 e. The number of piperidine rings is 1. The second-order valence-corrected chi connectivity index (χ2v) is 4.08. The highest BCUT2D eigenvalue weighted by Gasteiger charge is 2.22. The topological polar surface area (TPSA) is 64.4 Å². The highest BCUT2D eigenvalue weighted by atomic mass is 19.1. The summed E-state index contributed by atoms with van der Waals surface area (Å²) in [5.74, 6) is -2.64. The number of nitro benzene ring substituents is 1. The summed E-state index contributed by atoms with van der Waals surface area (Å²) in [6.07, 6.45) is 1.24. The highest BCUT2D eigenvalue weighted by molar-refractivity contribution is 5.39. The van der Waals surface area contributed by atoms with Gasteiger partial charge in [0.1, 0.15) is 6.10 Å². The van der Waals surface area contributed by atoms with Gasteiger partial charge in [0.15, 0.2) is 17.4 Å². The van der Waals surface area contributed by atoms with Crippen LogP contribution in [0.15, 0.2) is 12.1 Å². The summed E-state index contributed by atoms with van der Waals surface area (Å²) >= 11 is 0. The van der Waals surface area contributed by atoms with Gasteiger partial charge in [0.2, 0.25) is 0 Å². The molecule has 1 unspecified atom stereocenters. The Morgan fingerprint density at radius 3 is 2.56 bits per heavy atom. The minimum absolute atomic E-state index is 0.316. The molecule has 1 heterocycles. The van der Waals surface area contributed by atoms with Gasteiger partial charge in [0, 0.05) is 6.54 Å². The molecule has 1 aromatic carbocycles. The summed E-state index contributed by atoms with van der Waals surface area (Å²) in [5, 5.41) is 13.5. The Kier molecular flexibility index (Phi) is 3.71. The van der Waals surface area contributed by atoms with E-state index in [0.29, 0.717) is 25.1 Å². The molecular weight excluding hydrogens is 246 g/mol. The van der Waals surface area contributed by atoms with Crippen molar-refractivity contribution in [1.82, 2.24) is 5.32 Å². The monoisotopic (exact) mass is 258 g/mol. The lowest BCUT2D eigenvalue weighted by atomic mass is 10.1. The van der Waals surface area contributed by atoms with Crippen LogP contribution in [0.5, 0.6) is 5.75 Å². The largest absolute Gasteiger partial charge is 0.483 e. The molecule has 1 aliphatic heterocycles. The van der Waals surface area contributed by atoms with Crippen molar-refractivity contribution in [2.45, 2.75) is 18.9 Å². The van der Waals surface area contributed by atoms with Gasteiger partial charge in [-0.15, -0.1) is 0 Å². The molecule has 0 bridgehead atoms. The molecule has 0 aromatic heterocycles. The number of rotatable bonds is 3. The molecule has 1 aliphatic rings. The van der Waals surface area contributed by atoms with E-state index < -0.39 is 28.0 Å². The van der Waals surface area contributed by atoms with Gasteiger partial charge in [0.05, 0.1) is 17.1 Å². The predicted octanol–water partition coefficient (Wildman–Crippen LogP) is 2.00. The van der Waals surface area contributed by atoms with E-state index in [1.54, 1.807) is 0 Å². The van der Waals surface area contributed by atoms with E-state index >= 15 is 0 Å². The first kappa shape index (κ1) is 12.7. The van der Waals surface area contributed by atoms with Crippen LogP contribution in [0.25, 0.3) is 0 Å². The van der Waals surface area contributed by atoms with E-state index in [1.165, 1.54) is 0 Å². The number of hydrogen-bond acceptors (Lipinski definition) is 4. The molecule has 1 N–H and O–H groups in total.